The minimum atomic E-state index is 0. The fraction of sp³-hybridized carbons (Fsp3) is 0. The SMILES string of the molecule is C1=Cc2cc3ccc(cc4nc(cc5ccc(cc1n2)[nH]5)-c1ccc2ccccc2c1-4)[nH]3.[Pt]. The molecule has 2 N–H and O–H groups in total. The molecule has 0 amide bonds. The summed E-state index contributed by atoms with van der Waals surface area (Å²) in [5, 5.41) is 2.43. The fourth-order valence-electron chi connectivity index (χ4n) is 4.59. The number of benzene rings is 2. The predicted molar refractivity (Wildman–Crippen MR) is 132 cm³/mol. The van der Waals surface area contributed by atoms with Gasteiger partial charge in [-0.25, -0.2) is 9.97 Å². The Morgan fingerprint density at radius 3 is 1.85 bits per heavy atom. The van der Waals surface area contributed by atoms with E-state index in [-0.39, 0.29) is 21.1 Å². The maximum atomic E-state index is 5.06. The monoisotopic (exact) mass is 605 g/mol. The molecular weight excluding hydrogens is 587 g/mol. The van der Waals surface area contributed by atoms with E-state index in [9.17, 15) is 0 Å². The van der Waals surface area contributed by atoms with Gasteiger partial charge < -0.3 is 9.97 Å². The molecule has 4 nitrogen and oxygen atoms in total. The first kappa shape index (κ1) is 19.9. The average molecular weight is 606 g/mol. The second kappa shape index (κ2) is 7.68. The van der Waals surface area contributed by atoms with Crippen molar-refractivity contribution < 1.29 is 21.1 Å². The van der Waals surface area contributed by atoms with Crippen molar-refractivity contribution >= 4 is 45.0 Å². The number of nitrogens with zero attached hydrogens (tertiary/aromatic N) is 2. The van der Waals surface area contributed by atoms with Crippen LogP contribution in [0.25, 0.3) is 67.5 Å². The van der Waals surface area contributed by atoms with Gasteiger partial charge in [-0.05, 0) is 71.5 Å². The van der Waals surface area contributed by atoms with Gasteiger partial charge in [0.1, 0.15) is 0 Å². The van der Waals surface area contributed by atoms with Crippen molar-refractivity contribution in [3.05, 3.63) is 96.3 Å². The molecule has 7 rings (SSSR count). The first-order chi connectivity index (χ1) is 15.8. The maximum absolute atomic E-state index is 5.06. The summed E-state index contributed by atoms with van der Waals surface area (Å²) in [7, 11) is 0. The molecule has 5 aromatic rings. The summed E-state index contributed by atoms with van der Waals surface area (Å²) in [5.74, 6) is 0. The number of aromatic nitrogens is 4. The van der Waals surface area contributed by atoms with Crippen molar-refractivity contribution in [1.82, 2.24) is 19.9 Å². The minimum Gasteiger partial charge on any atom is -0.355 e. The van der Waals surface area contributed by atoms with E-state index < -0.39 is 0 Å². The number of H-pyrrole nitrogens is 2. The second-order valence-corrected chi connectivity index (χ2v) is 8.20. The molecule has 0 saturated carbocycles. The van der Waals surface area contributed by atoms with Gasteiger partial charge >= 0.3 is 0 Å². The summed E-state index contributed by atoms with van der Waals surface area (Å²) in [6, 6.07) is 29.6. The molecule has 0 saturated heterocycles. The number of nitrogens with one attached hydrogen (secondary N) is 2. The first-order valence-corrected chi connectivity index (χ1v) is 10.7. The van der Waals surface area contributed by atoms with E-state index >= 15 is 0 Å². The standard InChI is InChI=1S/C28H18N4.Pt/c1-2-4-24-17(3-1)5-12-25-26-15-22-10-8-20(30-22)13-18-6-7-19(29-18)14-21-9-11-23(31-21)16-27(32-26)28(24)25;/h1-16,30-31H;. The number of hydrogen-bond donors (Lipinski definition) is 2. The molecule has 0 fully saturated rings. The van der Waals surface area contributed by atoms with E-state index in [0.717, 1.165) is 50.4 Å². The van der Waals surface area contributed by atoms with Crippen molar-refractivity contribution in [2.45, 2.75) is 0 Å². The van der Waals surface area contributed by atoms with Gasteiger partial charge in [-0.3, -0.25) is 0 Å². The third-order valence-electron chi connectivity index (χ3n) is 6.04. The van der Waals surface area contributed by atoms with Crippen molar-refractivity contribution in [3.8, 4) is 22.5 Å². The van der Waals surface area contributed by atoms with Gasteiger partial charge in [0, 0.05) is 54.3 Å². The Kier molecular flexibility index (Phi) is 4.63. The van der Waals surface area contributed by atoms with E-state index in [1.54, 1.807) is 0 Å². The van der Waals surface area contributed by atoms with Gasteiger partial charge in [-0.15, -0.1) is 0 Å². The normalized spacial score (nSPS) is 11.9. The zero-order valence-corrected chi connectivity index (χ0v) is 19.7. The Bertz CT molecular complexity index is 1740. The van der Waals surface area contributed by atoms with Gasteiger partial charge in [0.05, 0.1) is 22.8 Å². The summed E-state index contributed by atoms with van der Waals surface area (Å²) in [6.07, 6.45) is 4.07. The Labute approximate surface area is 204 Å². The number of hydrogen-bond acceptors (Lipinski definition) is 2. The summed E-state index contributed by atoms with van der Waals surface area (Å²) >= 11 is 0. The molecule has 33 heavy (non-hydrogen) atoms. The van der Waals surface area contributed by atoms with Crippen molar-refractivity contribution in [3.63, 3.8) is 0 Å². The smallest absolute Gasteiger partial charge is 0.0743 e. The zero-order valence-electron chi connectivity index (χ0n) is 17.4. The molecule has 0 spiro atoms. The molecule has 0 radical (unpaired) electrons. The van der Waals surface area contributed by atoms with Crippen LogP contribution in [0.5, 0.6) is 0 Å². The van der Waals surface area contributed by atoms with Crippen LogP contribution in [0.3, 0.4) is 0 Å². The molecule has 160 valence electrons. The Morgan fingerprint density at radius 2 is 1.15 bits per heavy atom. The Morgan fingerprint density at radius 1 is 0.545 bits per heavy atom. The molecule has 3 aromatic heterocycles. The molecule has 2 aromatic carbocycles. The van der Waals surface area contributed by atoms with Crippen molar-refractivity contribution in [2.24, 2.45) is 0 Å². The maximum Gasteiger partial charge on any atom is 0.0743 e. The van der Waals surface area contributed by atoms with E-state index in [4.69, 9.17) is 9.97 Å². The van der Waals surface area contributed by atoms with Crippen LogP contribution >= 0.6 is 0 Å². The van der Waals surface area contributed by atoms with Crippen LogP contribution in [0.4, 0.5) is 0 Å². The quantitative estimate of drug-likeness (QED) is 0.196. The largest absolute Gasteiger partial charge is 0.355 e. The molecule has 0 aliphatic carbocycles. The van der Waals surface area contributed by atoms with Gasteiger partial charge in [-0.2, -0.15) is 0 Å². The van der Waals surface area contributed by atoms with Crippen LogP contribution in [0.1, 0.15) is 11.4 Å². The Hall–Kier alpha value is -3.75. The van der Waals surface area contributed by atoms with E-state index in [1.165, 1.54) is 16.3 Å². The van der Waals surface area contributed by atoms with Crippen molar-refractivity contribution in [1.29, 1.82) is 0 Å². The average Bonchev–Trinajstić information content (AvgIpc) is 3.59. The molecule has 2 aliphatic rings. The number of rotatable bonds is 0. The van der Waals surface area contributed by atoms with Crippen LogP contribution in [-0.4, -0.2) is 19.9 Å². The summed E-state index contributed by atoms with van der Waals surface area (Å²) in [4.78, 5) is 16.7. The predicted octanol–water partition coefficient (Wildman–Crippen LogP) is 6.97. The van der Waals surface area contributed by atoms with E-state index in [0.29, 0.717) is 0 Å². The van der Waals surface area contributed by atoms with Gasteiger partial charge in [0.15, 0.2) is 0 Å². The van der Waals surface area contributed by atoms with Crippen molar-refractivity contribution in [2.75, 3.05) is 0 Å². The van der Waals surface area contributed by atoms with Gasteiger partial charge in [0.2, 0.25) is 0 Å². The summed E-state index contributed by atoms with van der Waals surface area (Å²) < 4.78 is 0. The van der Waals surface area contributed by atoms with E-state index in [1.807, 2.05) is 12.2 Å². The summed E-state index contributed by atoms with van der Waals surface area (Å²) in [5.41, 5.74) is 10.2. The third kappa shape index (κ3) is 3.44. The molecular formula is C28H18N4Pt. The van der Waals surface area contributed by atoms with E-state index in [2.05, 4.69) is 94.9 Å². The van der Waals surface area contributed by atoms with Crippen LogP contribution in [0, 0.1) is 0 Å². The summed E-state index contributed by atoms with van der Waals surface area (Å²) in [6.45, 7) is 0. The fourth-order valence-corrected chi connectivity index (χ4v) is 4.59. The number of aromatic amines is 2. The third-order valence-corrected chi connectivity index (χ3v) is 6.04. The molecule has 5 heteroatoms. The van der Waals surface area contributed by atoms with Crippen LogP contribution in [-0.2, 0) is 21.1 Å². The van der Waals surface area contributed by atoms with Crippen LogP contribution in [0.2, 0.25) is 0 Å². The topological polar surface area (TPSA) is 57.4 Å². The molecule has 0 unspecified atom stereocenters. The Balaban J connectivity index is 0.00000206. The molecule has 5 heterocycles. The zero-order chi connectivity index (χ0) is 21.1. The van der Waals surface area contributed by atoms with Gasteiger partial charge in [0.25, 0.3) is 0 Å². The van der Waals surface area contributed by atoms with Crippen LogP contribution in [0.15, 0.2) is 84.9 Å². The van der Waals surface area contributed by atoms with Gasteiger partial charge in [-0.1, -0.05) is 36.4 Å². The number of fused-ring (bicyclic) bond motifs is 13. The second-order valence-electron chi connectivity index (χ2n) is 8.20. The van der Waals surface area contributed by atoms with Crippen LogP contribution < -0.4 is 0 Å². The molecule has 2 aliphatic heterocycles. The minimum absolute atomic E-state index is 0. The molecule has 8 bridgehead atoms. The first-order valence-electron chi connectivity index (χ1n) is 10.7. The molecule has 0 atom stereocenters.